The van der Waals surface area contributed by atoms with Crippen LogP contribution in [0, 0.1) is 0 Å². The summed E-state index contributed by atoms with van der Waals surface area (Å²) in [6.45, 7) is 0. The molecule has 2 atom stereocenters. The summed E-state index contributed by atoms with van der Waals surface area (Å²) in [5.41, 5.74) is 2.50. The Morgan fingerprint density at radius 2 is 1.75 bits per heavy atom. The number of amides is 1. The van der Waals surface area contributed by atoms with Gasteiger partial charge in [0.05, 0.1) is 18.7 Å². The Labute approximate surface area is 196 Å². The minimum atomic E-state index is -1.05. The van der Waals surface area contributed by atoms with Crippen molar-refractivity contribution < 1.29 is 19.4 Å². The number of benzene rings is 3. The van der Waals surface area contributed by atoms with Gasteiger partial charge in [-0.05, 0) is 47.7 Å². The Morgan fingerprint density at radius 3 is 2.41 bits per heavy atom. The van der Waals surface area contributed by atoms with E-state index in [1.165, 1.54) is 12.0 Å². The number of hydrogen-bond donors (Lipinski definition) is 1. The van der Waals surface area contributed by atoms with Gasteiger partial charge in [0.2, 0.25) is 0 Å². The maximum absolute atomic E-state index is 14.0. The van der Waals surface area contributed by atoms with Gasteiger partial charge in [-0.1, -0.05) is 71.7 Å². The number of nitrogens with zero attached hydrogens (tertiary/aromatic N) is 1. The number of ether oxygens (including phenoxy) is 1. The Kier molecular flexibility index (Phi) is 6.40. The molecule has 0 aromatic heterocycles. The van der Waals surface area contributed by atoms with Crippen LogP contribution in [-0.2, 0) is 4.79 Å². The number of aliphatic carboxylic acids is 1. The molecular formula is C25H21Cl2NO4. The monoisotopic (exact) mass is 469 g/mol. The average Bonchev–Trinajstić information content (AvgIpc) is 3.24. The van der Waals surface area contributed by atoms with E-state index in [1.807, 2.05) is 42.5 Å². The molecule has 1 N–H and O–H groups in total. The fraction of sp³-hybridized carbons (Fsp3) is 0.200. The zero-order valence-electron chi connectivity index (χ0n) is 17.3. The molecule has 7 heteroatoms. The predicted molar refractivity (Wildman–Crippen MR) is 124 cm³/mol. The lowest BCUT2D eigenvalue weighted by molar-refractivity contribution is -0.141. The van der Waals surface area contributed by atoms with E-state index in [0.717, 1.165) is 5.56 Å². The molecule has 0 spiro atoms. The number of rotatable bonds is 5. The molecule has 0 saturated carbocycles. The van der Waals surface area contributed by atoms with E-state index in [0.29, 0.717) is 45.3 Å². The number of carboxylic acids is 1. The first-order valence-electron chi connectivity index (χ1n) is 10.1. The van der Waals surface area contributed by atoms with Crippen molar-refractivity contribution in [2.45, 2.75) is 24.9 Å². The first-order valence-corrected chi connectivity index (χ1v) is 10.9. The van der Waals surface area contributed by atoms with Gasteiger partial charge in [-0.15, -0.1) is 0 Å². The van der Waals surface area contributed by atoms with Crippen molar-refractivity contribution in [3.63, 3.8) is 0 Å². The van der Waals surface area contributed by atoms with Gasteiger partial charge in [0.15, 0.2) is 0 Å². The second-order valence-electron chi connectivity index (χ2n) is 7.57. The molecule has 0 bridgehead atoms. The molecule has 5 nitrogen and oxygen atoms in total. The number of likely N-dealkylation sites (tertiary alicyclic amines) is 1. The summed E-state index contributed by atoms with van der Waals surface area (Å²) in [6, 6.07) is 18.4. The van der Waals surface area contributed by atoms with Crippen molar-refractivity contribution in [1.29, 1.82) is 0 Å². The summed E-state index contributed by atoms with van der Waals surface area (Å²) in [5.74, 6) is -1.09. The third kappa shape index (κ3) is 4.06. The van der Waals surface area contributed by atoms with Gasteiger partial charge < -0.3 is 14.7 Å². The van der Waals surface area contributed by atoms with Crippen LogP contribution in [0.3, 0.4) is 0 Å². The highest BCUT2D eigenvalue weighted by Gasteiger charge is 2.43. The molecule has 164 valence electrons. The Hall–Kier alpha value is -3.02. The van der Waals surface area contributed by atoms with E-state index in [9.17, 15) is 14.7 Å². The van der Waals surface area contributed by atoms with Crippen LogP contribution in [0.25, 0.3) is 11.1 Å². The smallest absolute Gasteiger partial charge is 0.326 e. The number of carbonyl (C=O) groups is 2. The van der Waals surface area contributed by atoms with E-state index >= 15 is 0 Å². The van der Waals surface area contributed by atoms with Crippen molar-refractivity contribution in [2.24, 2.45) is 0 Å². The van der Waals surface area contributed by atoms with Crippen LogP contribution >= 0.6 is 23.2 Å². The molecule has 4 rings (SSSR count). The summed E-state index contributed by atoms with van der Waals surface area (Å²) in [4.78, 5) is 27.5. The molecule has 1 fully saturated rings. The van der Waals surface area contributed by atoms with E-state index in [4.69, 9.17) is 27.9 Å². The van der Waals surface area contributed by atoms with Gasteiger partial charge in [-0.3, -0.25) is 4.79 Å². The predicted octanol–water partition coefficient (Wildman–Crippen LogP) is 6.10. The van der Waals surface area contributed by atoms with Crippen molar-refractivity contribution in [2.75, 3.05) is 7.11 Å². The molecular weight excluding hydrogens is 449 g/mol. The molecule has 1 aliphatic rings. The van der Waals surface area contributed by atoms with Gasteiger partial charge in [0, 0.05) is 10.0 Å². The number of methoxy groups -OCH3 is 1. The molecule has 1 saturated heterocycles. The topological polar surface area (TPSA) is 66.8 Å². The molecule has 3 aromatic carbocycles. The number of carboxylic acid groups (broad SMARTS) is 1. The van der Waals surface area contributed by atoms with Gasteiger partial charge in [-0.25, -0.2) is 4.79 Å². The third-order valence-corrected chi connectivity index (χ3v) is 6.33. The Bertz CT molecular complexity index is 1170. The van der Waals surface area contributed by atoms with Crippen LogP contribution in [0.5, 0.6) is 5.75 Å². The van der Waals surface area contributed by atoms with Crippen molar-refractivity contribution >= 4 is 35.1 Å². The van der Waals surface area contributed by atoms with Gasteiger partial charge in [0.25, 0.3) is 5.91 Å². The molecule has 32 heavy (non-hydrogen) atoms. The number of halogens is 2. The molecule has 3 aromatic rings. The highest BCUT2D eigenvalue weighted by Crippen LogP contribution is 2.43. The second kappa shape index (κ2) is 9.23. The average molecular weight is 470 g/mol. The summed E-state index contributed by atoms with van der Waals surface area (Å²) in [6.07, 6.45) is 0.792. The number of hydrogen-bond acceptors (Lipinski definition) is 3. The fourth-order valence-electron chi connectivity index (χ4n) is 4.32. The zero-order valence-corrected chi connectivity index (χ0v) is 18.8. The van der Waals surface area contributed by atoms with E-state index in [2.05, 4.69) is 0 Å². The maximum atomic E-state index is 14.0. The van der Waals surface area contributed by atoms with Crippen molar-refractivity contribution in [3.8, 4) is 16.9 Å². The summed E-state index contributed by atoms with van der Waals surface area (Å²) >= 11 is 12.5. The van der Waals surface area contributed by atoms with Crippen LogP contribution < -0.4 is 4.74 Å². The van der Waals surface area contributed by atoms with E-state index in [-0.39, 0.29) is 0 Å². The van der Waals surface area contributed by atoms with Gasteiger partial charge in [0.1, 0.15) is 11.8 Å². The molecule has 1 heterocycles. The van der Waals surface area contributed by atoms with E-state index in [1.54, 1.807) is 24.3 Å². The van der Waals surface area contributed by atoms with Crippen LogP contribution in [-0.4, -0.2) is 35.0 Å². The molecule has 0 aliphatic carbocycles. The minimum absolute atomic E-state index is 0.320. The lowest BCUT2D eigenvalue weighted by atomic mass is 9.96. The maximum Gasteiger partial charge on any atom is 0.326 e. The van der Waals surface area contributed by atoms with Crippen LogP contribution in [0.4, 0.5) is 0 Å². The highest BCUT2D eigenvalue weighted by molar-refractivity contribution is 6.35. The molecule has 0 radical (unpaired) electrons. The van der Waals surface area contributed by atoms with Crippen LogP contribution in [0.1, 0.15) is 34.8 Å². The van der Waals surface area contributed by atoms with Crippen molar-refractivity contribution in [1.82, 2.24) is 4.90 Å². The highest BCUT2D eigenvalue weighted by atomic mass is 35.5. The Balaban J connectivity index is 1.86. The van der Waals surface area contributed by atoms with Crippen LogP contribution in [0.2, 0.25) is 10.0 Å². The Morgan fingerprint density at radius 1 is 1.00 bits per heavy atom. The van der Waals surface area contributed by atoms with Gasteiger partial charge >= 0.3 is 5.97 Å². The molecule has 1 aliphatic heterocycles. The standard InChI is InChI=1S/C25H21Cl2NO4/c1-32-22-9-5-8-17(15-6-3-2-4-7-15)23(22)24(29)28-20(12-13-21(28)25(30)31)18-11-10-16(26)14-19(18)27/h2-11,14,20-21H,12-13H2,1H3,(H,30,31). The SMILES string of the molecule is COc1cccc(-c2ccccc2)c1C(=O)N1C(C(=O)O)CCC1c1ccc(Cl)cc1Cl. The third-order valence-electron chi connectivity index (χ3n) is 5.77. The molecule has 2 unspecified atom stereocenters. The largest absolute Gasteiger partial charge is 0.496 e. The summed E-state index contributed by atoms with van der Waals surface area (Å²) in [5, 5.41) is 10.8. The number of carbonyl (C=O) groups excluding carboxylic acids is 1. The van der Waals surface area contributed by atoms with Gasteiger partial charge in [-0.2, -0.15) is 0 Å². The summed E-state index contributed by atoms with van der Waals surface area (Å²) < 4.78 is 5.53. The lowest BCUT2D eigenvalue weighted by Crippen LogP contribution is -2.42. The van der Waals surface area contributed by atoms with Crippen molar-refractivity contribution in [3.05, 3.63) is 87.9 Å². The normalized spacial score (nSPS) is 17.9. The first-order chi connectivity index (χ1) is 15.4. The second-order valence-corrected chi connectivity index (χ2v) is 8.42. The summed E-state index contributed by atoms with van der Waals surface area (Å²) in [7, 11) is 1.49. The zero-order chi connectivity index (χ0) is 22.8. The fourth-order valence-corrected chi connectivity index (χ4v) is 4.86. The van der Waals surface area contributed by atoms with E-state index < -0.39 is 24.0 Å². The first kappa shape index (κ1) is 22.2. The lowest BCUT2D eigenvalue weighted by Gasteiger charge is -2.30. The molecule has 1 amide bonds. The quantitative estimate of drug-likeness (QED) is 0.490. The van der Waals surface area contributed by atoms with Crippen LogP contribution in [0.15, 0.2) is 66.7 Å². The minimum Gasteiger partial charge on any atom is -0.496 e.